The van der Waals surface area contributed by atoms with Gasteiger partial charge in [0, 0.05) is 17.4 Å². The highest BCUT2D eigenvalue weighted by Gasteiger charge is 2.49. The van der Waals surface area contributed by atoms with Crippen molar-refractivity contribution in [3.8, 4) is 17.0 Å². The Morgan fingerprint density at radius 3 is 2.59 bits per heavy atom. The van der Waals surface area contributed by atoms with Crippen molar-refractivity contribution in [2.24, 2.45) is 0 Å². The van der Waals surface area contributed by atoms with Gasteiger partial charge in [-0.2, -0.15) is 13.2 Å². The molecule has 194 valence electrons. The van der Waals surface area contributed by atoms with Gasteiger partial charge >= 0.3 is 12.3 Å². The van der Waals surface area contributed by atoms with Gasteiger partial charge in [0.05, 0.1) is 37.6 Å². The van der Waals surface area contributed by atoms with E-state index in [1.807, 2.05) is 24.3 Å². The van der Waals surface area contributed by atoms with E-state index in [-0.39, 0.29) is 24.9 Å². The minimum absolute atomic E-state index is 0.0314. The lowest BCUT2D eigenvalue weighted by Gasteiger charge is -2.18. The number of amides is 1. The Morgan fingerprint density at radius 1 is 1.05 bits per heavy atom. The van der Waals surface area contributed by atoms with E-state index >= 15 is 0 Å². The molecule has 0 saturated carbocycles. The van der Waals surface area contributed by atoms with E-state index in [2.05, 4.69) is 20.6 Å². The highest BCUT2D eigenvalue weighted by atomic mass is 19.4. The third-order valence-corrected chi connectivity index (χ3v) is 6.06. The quantitative estimate of drug-likeness (QED) is 0.498. The van der Waals surface area contributed by atoms with Crippen LogP contribution in [0, 0.1) is 0 Å². The Hall–Kier alpha value is -3.90. The Labute approximate surface area is 209 Å². The molecule has 37 heavy (non-hydrogen) atoms. The molecule has 12 heteroatoms. The number of carbonyl (C=O) groups excluding carboxylic acids is 1. The number of methoxy groups -OCH3 is 1. The maximum absolute atomic E-state index is 12.9. The molecule has 2 aliphatic rings. The summed E-state index contributed by atoms with van der Waals surface area (Å²) in [6.07, 6.45) is -5.49. The standard InChI is InChI=1S/C25H23F3N4O5/c1-34-17-7-5-14(6-8-17)18-9-10-29-23(31-18)32-19-12-35-22-20(13-36-21(19)22)37-24(33)30-16-4-2-3-15(11-16)25(26,27)28/h2-11,19-22H,12-13H2,1H3,(H,30,33)(H,29,31,32)/t19-,20+,21+,22+/m0/s1. The van der Waals surface area contributed by atoms with Crippen molar-refractivity contribution in [1.82, 2.24) is 9.97 Å². The number of fused-ring (bicyclic) bond motifs is 1. The monoisotopic (exact) mass is 516 g/mol. The Morgan fingerprint density at radius 2 is 1.84 bits per heavy atom. The van der Waals surface area contributed by atoms with Crippen LogP contribution < -0.4 is 15.4 Å². The number of aromatic nitrogens is 2. The average molecular weight is 516 g/mol. The van der Waals surface area contributed by atoms with Crippen molar-refractivity contribution in [3.05, 3.63) is 66.4 Å². The fourth-order valence-corrected chi connectivity index (χ4v) is 4.26. The Bertz CT molecular complexity index is 1260. The lowest BCUT2D eigenvalue weighted by atomic mass is 10.1. The van der Waals surface area contributed by atoms with E-state index in [0.29, 0.717) is 5.95 Å². The lowest BCUT2D eigenvalue weighted by molar-refractivity contribution is -0.137. The van der Waals surface area contributed by atoms with Gasteiger partial charge in [0.1, 0.15) is 18.0 Å². The van der Waals surface area contributed by atoms with Crippen molar-refractivity contribution in [2.75, 3.05) is 31.0 Å². The van der Waals surface area contributed by atoms with Crippen LogP contribution in [0.25, 0.3) is 11.3 Å². The molecule has 3 aromatic rings. The van der Waals surface area contributed by atoms with Crippen LogP contribution in [0.3, 0.4) is 0 Å². The molecule has 2 aliphatic heterocycles. The van der Waals surface area contributed by atoms with Crippen LogP contribution in [0.2, 0.25) is 0 Å². The largest absolute Gasteiger partial charge is 0.497 e. The van der Waals surface area contributed by atoms with Crippen LogP contribution in [-0.2, 0) is 20.4 Å². The molecule has 0 spiro atoms. The van der Waals surface area contributed by atoms with Gasteiger partial charge < -0.3 is 24.3 Å². The molecule has 1 aromatic heterocycles. The first-order valence-corrected chi connectivity index (χ1v) is 11.4. The molecule has 5 rings (SSSR count). The average Bonchev–Trinajstić information content (AvgIpc) is 3.47. The molecule has 2 aromatic carbocycles. The summed E-state index contributed by atoms with van der Waals surface area (Å²) in [6, 6.07) is 13.3. The molecule has 2 fully saturated rings. The van der Waals surface area contributed by atoms with Gasteiger partial charge in [-0.25, -0.2) is 14.8 Å². The zero-order chi connectivity index (χ0) is 26.0. The fraction of sp³-hybridized carbons (Fsp3) is 0.320. The highest BCUT2D eigenvalue weighted by molar-refractivity contribution is 5.84. The first kappa shape index (κ1) is 24.8. The van der Waals surface area contributed by atoms with Crippen molar-refractivity contribution in [2.45, 2.75) is 30.5 Å². The van der Waals surface area contributed by atoms with E-state index in [0.717, 1.165) is 29.1 Å². The second kappa shape index (κ2) is 10.2. The van der Waals surface area contributed by atoms with E-state index in [1.165, 1.54) is 12.1 Å². The molecule has 4 atom stereocenters. The van der Waals surface area contributed by atoms with Gasteiger partial charge in [0.25, 0.3) is 0 Å². The van der Waals surface area contributed by atoms with Gasteiger partial charge in [0.2, 0.25) is 5.95 Å². The second-order valence-electron chi connectivity index (χ2n) is 8.49. The summed E-state index contributed by atoms with van der Waals surface area (Å²) < 4.78 is 61.0. The van der Waals surface area contributed by atoms with Crippen LogP contribution in [-0.4, -0.2) is 60.7 Å². The first-order valence-electron chi connectivity index (χ1n) is 11.4. The van der Waals surface area contributed by atoms with E-state index in [4.69, 9.17) is 18.9 Å². The normalized spacial score (nSPS) is 22.8. The summed E-state index contributed by atoms with van der Waals surface area (Å²) in [5, 5.41) is 5.54. The predicted molar refractivity (Wildman–Crippen MR) is 126 cm³/mol. The number of benzene rings is 2. The third-order valence-electron chi connectivity index (χ3n) is 6.06. The van der Waals surface area contributed by atoms with Crippen LogP contribution in [0.4, 0.5) is 29.6 Å². The maximum atomic E-state index is 12.9. The molecule has 0 unspecified atom stereocenters. The zero-order valence-electron chi connectivity index (χ0n) is 19.6. The summed E-state index contributed by atoms with van der Waals surface area (Å²) >= 11 is 0. The number of hydrogen-bond acceptors (Lipinski definition) is 8. The summed E-state index contributed by atoms with van der Waals surface area (Å²) in [5.74, 6) is 1.13. The number of rotatable bonds is 6. The van der Waals surface area contributed by atoms with Crippen molar-refractivity contribution < 1.29 is 36.9 Å². The number of ether oxygens (including phenoxy) is 4. The van der Waals surface area contributed by atoms with Gasteiger partial charge in [0.15, 0.2) is 6.10 Å². The number of anilines is 2. The topological polar surface area (TPSA) is 104 Å². The first-order chi connectivity index (χ1) is 17.8. The third kappa shape index (κ3) is 5.59. The number of carbonyl (C=O) groups is 1. The Balaban J connectivity index is 1.18. The fourth-order valence-electron chi connectivity index (χ4n) is 4.26. The van der Waals surface area contributed by atoms with E-state index in [1.54, 1.807) is 19.4 Å². The van der Waals surface area contributed by atoms with Crippen molar-refractivity contribution in [1.29, 1.82) is 0 Å². The smallest absolute Gasteiger partial charge is 0.416 e. The maximum Gasteiger partial charge on any atom is 0.416 e. The van der Waals surface area contributed by atoms with Crippen molar-refractivity contribution >= 4 is 17.7 Å². The number of alkyl halides is 3. The minimum Gasteiger partial charge on any atom is -0.497 e. The second-order valence-corrected chi connectivity index (χ2v) is 8.49. The van der Waals surface area contributed by atoms with E-state index in [9.17, 15) is 18.0 Å². The minimum atomic E-state index is -4.52. The molecular weight excluding hydrogens is 493 g/mol. The molecule has 1 amide bonds. The molecule has 9 nitrogen and oxygen atoms in total. The summed E-state index contributed by atoms with van der Waals surface area (Å²) in [5.41, 5.74) is 0.705. The summed E-state index contributed by atoms with van der Waals surface area (Å²) in [6.45, 7) is 0.344. The van der Waals surface area contributed by atoms with Crippen LogP contribution in [0.1, 0.15) is 5.56 Å². The van der Waals surface area contributed by atoms with E-state index < -0.39 is 36.1 Å². The van der Waals surface area contributed by atoms with Gasteiger partial charge in [-0.15, -0.1) is 0 Å². The molecule has 3 heterocycles. The molecule has 2 N–H and O–H groups in total. The van der Waals surface area contributed by atoms with Crippen molar-refractivity contribution in [3.63, 3.8) is 0 Å². The number of hydrogen-bond donors (Lipinski definition) is 2. The molecular formula is C25H23F3N4O5. The number of nitrogens with one attached hydrogen (secondary N) is 2. The lowest BCUT2D eigenvalue weighted by Crippen LogP contribution is -2.38. The molecule has 2 saturated heterocycles. The van der Waals surface area contributed by atoms with Gasteiger partial charge in [-0.1, -0.05) is 6.07 Å². The SMILES string of the molecule is COc1ccc(-c2ccnc(N[C@H]3CO[C@H]4[C@@H]3OC[C@H]4OC(=O)Nc3cccc(C(F)(F)F)c3)n2)cc1. The highest BCUT2D eigenvalue weighted by Crippen LogP contribution is 2.32. The Kier molecular flexibility index (Phi) is 6.85. The summed E-state index contributed by atoms with van der Waals surface area (Å²) in [7, 11) is 1.60. The van der Waals surface area contributed by atoms with Crippen LogP contribution in [0.15, 0.2) is 60.8 Å². The predicted octanol–water partition coefficient (Wildman–Crippen LogP) is 4.37. The van der Waals surface area contributed by atoms with Crippen LogP contribution in [0.5, 0.6) is 5.75 Å². The van der Waals surface area contributed by atoms with Gasteiger partial charge in [-0.05, 0) is 48.5 Å². The number of halogens is 3. The molecule has 0 radical (unpaired) electrons. The molecule has 0 aliphatic carbocycles. The number of nitrogens with zero attached hydrogens (tertiary/aromatic N) is 2. The zero-order valence-corrected chi connectivity index (χ0v) is 19.6. The summed E-state index contributed by atoms with van der Waals surface area (Å²) in [4.78, 5) is 21.2. The molecule has 0 bridgehead atoms. The van der Waals surface area contributed by atoms with Crippen LogP contribution >= 0.6 is 0 Å². The van der Waals surface area contributed by atoms with Gasteiger partial charge in [-0.3, -0.25) is 5.32 Å².